The van der Waals surface area contributed by atoms with E-state index in [1.54, 1.807) is 7.11 Å². The van der Waals surface area contributed by atoms with E-state index >= 15 is 0 Å². The summed E-state index contributed by atoms with van der Waals surface area (Å²) in [5.74, 6) is 1.73. The van der Waals surface area contributed by atoms with Gasteiger partial charge in [-0.25, -0.2) is 0 Å². The molecule has 112 valence electrons. The molecule has 21 heavy (non-hydrogen) atoms. The van der Waals surface area contributed by atoms with Crippen LogP contribution in [0.3, 0.4) is 0 Å². The third-order valence-electron chi connectivity index (χ3n) is 3.71. The van der Waals surface area contributed by atoms with Crippen molar-refractivity contribution in [3.8, 4) is 5.75 Å². The molecular formula is C18H22ClNO. The Morgan fingerprint density at radius 1 is 1.10 bits per heavy atom. The van der Waals surface area contributed by atoms with Crippen LogP contribution in [0.15, 0.2) is 48.5 Å². The highest BCUT2D eigenvalue weighted by atomic mass is 35.5. The largest absolute Gasteiger partial charge is 0.495 e. The number of nitrogens with one attached hydrogen (secondary N) is 1. The van der Waals surface area contributed by atoms with E-state index in [1.165, 1.54) is 5.56 Å². The van der Waals surface area contributed by atoms with E-state index in [0.29, 0.717) is 22.6 Å². The Morgan fingerprint density at radius 3 is 2.38 bits per heavy atom. The molecule has 0 fully saturated rings. The summed E-state index contributed by atoms with van der Waals surface area (Å²) in [6.45, 7) is 5.38. The van der Waals surface area contributed by atoms with Crippen LogP contribution in [0.5, 0.6) is 5.75 Å². The van der Waals surface area contributed by atoms with Gasteiger partial charge in [0.1, 0.15) is 5.75 Å². The molecule has 0 bridgehead atoms. The molecule has 2 rings (SSSR count). The maximum absolute atomic E-state index is 6.16. The first-order valence-electron chi connectivity index (χ1n) is 7.24. The zero-order valence-corrected chi connectivity index (χ0v) is 13.5. The maximum Gasteiger partial charge on any atom is 0.137 e. The van der Waals surface area contributed by atoms with Crippen molar-refractivity contribution in [1.82, 2.24) is 0 Å². The van der Waals surface area contributed by atoms with Gasteiger partial charge in [0.2, 0.25) is 0 Å². The second-order valence-electron chi connectivity index (χ2n) is 5.49. The van der Waals surface area contributed by atoms with E-state index in [2.05, 4.69) is 49.5 Å². The molecular weight excluding hydrogens is 282 g/mol. The van der Waals surface area contributed by atoms with Crippen molar-refractivity contribution in [3.63, 3.8) is 0 Å². The number of hydrogen-bond donors (Lipinski definition) is 1. The van der Waals surface area contributed by atoms with Crippen molar-refractivity contribution >= 4 is 17.3 Å². The Kier molecular flexibility index (Phi) is 5.51. The second-order valence-corrected chi connectivity index (χ2v) is 5.90. The lowest BCUT2D eigenvalue weighted by atomic mass is 9.88. The summed E-state index contributed by atoms with van der Waals surface area (Å²) < 4.78 is 5.17. The lowest BCUT2D eigenvalue weighted by Crippen LogP contribution is -2.17. The molecule has 2 aromatic rings. The molecule has 0 aliphatic rings. The van der Waals surface area contributed by atoms with Crippen LogP contribution >= 0.6 is 11.6 Å². The number of hydrogen-bond acceptors (Lipinski definition) is 2. The van der Waals surface area contributed by atoms with Crippen LogP contribution in [0.4, 0.5) is 5.69 Å². The van der Waals surface area contributed by atoms with Crippen LogP contribution in [-0.2, 0) is 0 Å². The molecule has 1 N–H and O–H groups in total. The fourth-order valence-electron chi connectivity index (χ4n) is 2.44. The van der Waals surface area contributed by atoms with Crippen LogP contribution in [0.2, 0.25) is 5.02 Å². The predicted molar refractivity (Wildman–Crippen MR) is 90.5 cm³/mol. The quantitative estimate of drug-likeness (QED) is 0.792. The van der Waals surface area contributed by atoms with Crippen molar-refractivity contribution in [2.45, 2.75) is 19.8 Å². The SMILES string of the molecule is COc1ccc(NCC(c2ccccc2)C(C)C)cc1Cl. The van der Waals surface area contributed by atoms with Crippen LogP contribution in [-0.4, -0.2) is 13.7 Å². The van der Waals surface area contributed by atoms with E-state index in [0.717, 1.165) is 12.2 Å². The minimum Gasteiger partial charge on any atom is -0.495 e. The molecule has 0 radical (unpaired) electrons. The number of anilines is 1. The van der Waals surface area contributed by atoms with Gasteiger partial charge in [-0.2, -0.15) is 0 Å². The molecule has 1 unspecified atom stereocenters. The summed E-state index contributed by atoms with van der Waals surface area (Å²) in [5, 5.41) is 4.10. The van der Waals surface area contributed by atoms with Gasteiger partial charge in [-0.05, 0) is 29.7 Å². The van der Waals surface area contributed by atoms with Gasteiger partial charge in [0.15, 0.2) is 0 Å². The average molecular weight is 304 g/mol. The molecule has 0 aliphatic heterocycles. The van der Waals surface area contributed by atoms with E-state index < -0.39 is 0 Å². The lowest BCUT2D eigenvalue weighted by molar-refractivity contribution is 0.415. The molecule has 0 heterocycles. The smallest absolute Gasteiger partial charge is 0.137 e. The number of ether oxygens (including phenoxy) is 1. The van der Waals surface area contributed by atoms with E-state index in [1.807, 2.05) is 18.2 Å². The summed E-state index contributed by atoms with van der Waals surface area (Å²) in [4.78, 5) is 0. The summed E-state index contributed by atoms with van der Waals surface area (Å²) >= 11 is 6.16. The van der Waals surface area contributed by atoms with Crippen molar-refractivity contribution in [1.29, 1.82) is 0 Å². The van der Waals surface area contributed by atoms with Gasteiger partial charge in [-0.1, -0.05) is 55.8 Å². The first kappa shape index (κ1) is 15.7. The highest BCUT2D eigenvalue weighted by Crippen LogP contribution is 2.29. The molecule has 1 atom stereocenters. The van der Waals surface area contributed by atoms with Gasteiger partial charge in [-0.3, -0.25) is 0 Å². The average Bonchev–Trinajstić information content (AvgIpc) is 2.48. The fourth-order valence-corrected chi connectivity index (χ4v) is 2.70. The van der Waals surface area contributed by atoms with E-state index in [4.69, 9.17) is 16.3 Å². The molecule has 2 nitrogen and oxygen atoms in total. The highest BCUT2D eigenvalue weighted by molar-refractivity contribution is 6.32. The maximum atomic E-state index is 6.16. The van der Waals surface area contributed by atoms with Gasteiger partial charge >= 0.3 is 0 Å². The minimum atomic E-state index is 0.465. The van der Waals surface area contributed by atoms with Crippen LogP contribution in [0.25, 0.3) is 0 Å². The van der Waals surface area contributed by atoms with Crippen LogP contribution in [0, 0.1) is 5.92 Å². The van der Waals surface area contributed by atoms with Gasteiger partial charge in [0, 0.05) is 18.2 Å². The van der Waals surface area contributed by atoms with Gasteiger partial charge in [0.25, 0.3) is 0 Å². The predicted octanol–water partition coefficient (Wildman–Crippen LogP) is 5.20. The summed E-state index contributed by atoms with van der Waals surface area (Å²) in [6.07, 6.45) is 0. The fraction of sp³-hybridized carbons (Fsp3) is 0.333. The molecule has 0 aliphatic carbocycles. The topological polar surface area (TPSA) is 21.3 Å². The summed E-state index contributed by atoms with van der Waals surface area (Å²) in [7, 11) is 1.62. The molecule has 0 saturated carbocycles. The lowest BCUT2D eigenvalue weighted by Gasteiger charge is -2.22. The van der Waals surface area contributed by atoms with Crippen molar-refractivity contribution in [2.24, 2.45) is 5.92 Å². The third kappa shape index (κ3) is 4.15. The van der Waals surface area contributed by atoms with Gasteiger partial charge in [0.05, 0.1) is 12.1 Å². The van der Waals surface area contributed by atoms with Crippen LogP contribution < -0.4 is 10.1 Å². The van der Waals surface area contributed by atoms with Gasteiger partial charge < -0.3 is 10.1 Å². The third-order valence-corrected chi connectivity index (χ3v) is 4.01. The number of rotatable bonds is 6. The molecule has 0 aromatic heterocycles. The first-order valence-corrected chi connectivity index (χ1v) is 7.62. The number of halogens is 1. The second kappa shape index (κ2) is 7.37. The highest BCUT2D eigenvalue weighted by Gasteiger charge is 2.15. The van der Waals surface area contributed by atoms with Crippen molar-refractivity contribution < 1.29 is 4.74 Å². The normalized spacial score (nSPS) is 12.2. The molecule has 0 spiro atoms. The molecule has 3 heteroatoms. The minimum absolute atomic E-state index is 0.465. The zero-order chi connectivity index (χ0) is 15.2. The van der Waals surface area contributed by atoms with Gasteiger partial charge in [-0.15, -0.1) is 0 Å². The summed E-state index contributed by atoms with van der Waals surface area (Å²) in [5.41, 5.74) is 2.38. The molecule has 0 amide bonds. The van der Waals surface area contributed by atoms with E-state index in [9.17, 15) is 0 Å². The molecule has 2 aromatic carbocycles. The monoisotopic (exact) mass is 303 g/mol. The van der Waals surface area contributed by atoms with E-state index in [-0.39, 0.29) is 0 Å². The Labute approximate surface area is 132 Å². The Balaban J connectivity index is 2.07. The number of benzene rings is 2. The summed E-state index contributed by atoms with van der Waals surface area (Å²) in [6, 6.07) is 16.4. The Bertz CT molecular complexity index is 569. The zero-order valence-electron chi connectivity index (χ0n) is 12.8. The van der Waals surface area contributed by atoms with Crippen LogP contribution in [0.1, 0.15) is 25.3 Å². The first-order chi connectivity index (χ1) is 10.1. The Morgan fingerprint density at radius 2 is 1.81 bits per heavy atom. The molecule has 0 saturated heterocycles. The van der Waals surface area contributed by atoms with Crippen molar-refractivity contribution in [3.05, 3.63) is 59.1 Å². The van der Waals surface area contributed by atoms with Crippen molar-refractivity contribution in [2.75, 3.05) is 19.0 Å². The number of methoxy groups -OCH3 is 1. The Hall–Kier alpha value is -1.67. The standard InChI is InChI=1S/C18H22ClNO/c1-13(2)16(14-7-5-4-6-8-14)12-20-15-9-10-18(21-3)17(19)11-15/h4-11,13,16,20H,12H2,1-3H3.